The van der Waals surface area contributed by atoms with Gasteiger partial charge >= 0.3 is 6.09 Å². The molecule has 1 N–H and O–H groups in total. The Kier molecular flexibility index (Phi) is 6.86. The van der Waals surface area contributed by atoms with E-state index in [4.69, 9.17) is 16.3 Å². The van der Waals surface area contributed by atoms with E-state index in [-0.39, 0.29) is 22.0 Å². The van der Waals surface area contributed by atoms with E-state index in [1.165, 1.54) is 4.90 Å². The van der Waals surface area contributed by atoms with Gasteiger partial charge in [-0.05, 0) is 24.8 Å². The first-order valence-electron chi connectivity index (χ1n) is 11.8. The van der Waals surface area contributed by atoms with E-state index in [1.54, 1.807) is 12.3 Å². The van der Waals surface area contributed by atoms with Gasteiger partial charge in [-0.2, -0.15) is 0 Å². The maximum absolute atomic E-state index is 13.7. The van der Waals surface area contributed by atoms with Crippen molar-refractivity contribution in [3.8, 4) is 0 Å². The van der Waals surface area contributed by atoms with Crippen molar-refractivity contribution in [2.45, 2.75) is 52.0 Å². The third kappa shape index (κ3) is 4.83. The molecule has 1 amide bonds. The summed E-state index contributed by atoms with van der Waals surface area (Å²) < 4.78 is 5.39. The van der Waals surface area contributed by atoms with Crippen LogP contribution in [0.3, 0.4) is 0 Å². The number of halogens is 1. The average Bonchev–Trinajstić information content (AvgIpc) is 3.09. The molecule has 0 aliphatic carbocycles. The first-order valence-corrected chi connectivity index (χ1v) is 12.2. The number of anilines is 2. The number of quaternary nitrogens is 1. The molecule has 0 radical (unpaired) electrons. The molecule has 3 saturated heterocycles. The molecule has 0 bridgehead atoms. The van der Waals surface area contributed by atoms with Gasteiger partial charge in [0.15, 0.2) is 0 Å². The standard InChI is InChI=1S/C23H35ClN4O4/c1-17(2)14-27(22(29)30)18-12-20(24)21(25-13-18)26-8-3-6-23(15-26)7-9-28(31,16-23)19-4-10-32-11-5-19/h12-13,17,19H,3-11,14-16H2,1-2H3,(H,29,30)/t23-,28?/m0/s1. The highest BCUT2D eigenvalue weighted by atomic mass is 35.5. The molecule has 3 aliphatic heterocycles. The number of ether oxygens (including phenoxy) is 1. The topological polar surface area (TPSA) is 89.0 Å². The van der Waals surface area contributed by atoms with Crippen LogP contribution in [-0.2, 0) is 4.74 Å². The highest BCUT2D eigenvalue weighted by molar-refractivity contribution is 6.33. The molecule has 178 valence electrons. The number of rotatable bonds is 5. The normalized spacial score (nSPS) is 29.1. The molecule has 1 aromatic heterocycles. The smallest absolute Gasteiger partial charge is 0.411 e. The molecule has 2 atom stereocenters. The van der Waals surface area contributed by atoms with Gasteiger partial charge in [-0.3, -0.25) is 4.90 Å². The molecule has 32 heavy (non-hydrogen) atoms. The van der Waals surface area contributed by atoms with Gasteiger partial charge < -0.3 is 24.6 Å². The van der Waals surface area contributed by atoms with E-state index in [0.717, 1.165) is 45.2 Å². The molecule has 9 heteroatoms. The molecular formula is C23H35ClN4O4. The summed E-state index contributed by atoms with van der Waals surface area (Å²) in [7, 11) is 0. The summed E-state index contributed by atoms with van der Waals surface area (Å²) in [6.45, 7) is 8.69. The Morgan fingerprint density at radius 3 is 2.84 bits per heavy atom. The summed E-state index contributed by atoms with van der Waals surface area (Å²) >= 11 is 6.62. The largest absolute Gasteiger partial charge is 0.633 e. The summed E-state index contributed by atoms with van der Waals surface area (Å²) in [6.07, 6.45) is 5.30. The highest BCUT2D eigenvalue weighted by Gasteiger charge is 2.50. The van der Waals surface area contributed by atoms with Crippen molar-refractivity contribution in [2.24, 2.45) is 11.3 Å². The fraction of sp³-hybridized carbons (Fsp3) is 0.739. The SMILES string of the molecule is CC(C)CN(C(=O)O)c1cnc(N2CCC[C@]3(CC[N+]([O-])(C4CCOCC4)C3)C2)c(Cl)c1. The van der Waals surface area contributed by atoms with E-state index < -0.39 is 6.09 Å². The van der Waals surface area contributed by atoms with Gasteiger partial charge in [-0.25, -0.2) is 9.78 Å². The number of aromatic nitrogens is 1. The first kappa shape index (κ1) is 23.5. The lowest BCUT2D eigenvalue weighted by Gasteiger charge is -2.49. The van der Waals surface area contributed by atoms with Gasteiger partial charge in [0.05, 0.1) is 49.3 Å². The van der Waals surface area contributed by atoms with Gasteiger partial charge in [0.1, 0.15) is 5.82 Å². The summed E-state index contributed by atoms with van der Waals surface area (Å²) in [5, 5.41) is 23.7. The summed E-state index contributed by atoms with van der Waals surface area (Å²) in [5.41, 5.74) is 0.481. The molecule has 1 aromatic rings. The molecule has 3 fully saturated rings. The molecule has 0 saturated carbocycles. The fourth-order valence-electron chi connectivity index (χ4n) is 5.80. The second-order valence-electron chi connectivity index (χ2n) is 10.2. The number of nitrogens with zero attached hydrogens (tertiary/aromatic N) is 4. The Hall–Kier alpha value is -1.61. The van der Waals surface area contributed by atoms with Crippen molar-refractivity contribution in [2.75, 3.05) is 55.7 Å². The van der Waals surface area contributed by atoms with E-state index in [2.05, 4.69) is 9.88 Å². The Bertz CT molecular complexity index is 834. The minimum atomic E-state index is -1.01. The summed E-state index contributed by atoms with van der Waals surface area (Å²) in [5.74, 6) is 0.876. The molecule has 0 aromatic carbocycles. The van der Waals surface area contributed by atoms with Crippen molar-refractivity contribution in [1.29, 1.82) is 0 Å². The van der Waals surface area contributed by atoms with Crippen LogP contribution in [0.2, 0.25) is 5.02 Å². The Morgan fingerprint density at radius 1 is 1.44 bits per heavy atom. The second-order valence-corrected chi connectivity index (χ2v) is 10.6. The maximum Gasteiger partial charge on any atom is 0.411 e. The lowest BCUT2D eigenvalue weighted by molar-refractivity contribution is -0.898. The number of piperidine rings is 1. The van der Waals surface area contributed by atoms with Crippen LogP contribution in [0.15, 0.2) is 12.3 Å². The average molecular weight is 467 g/mol. The summed E-state index contributed by atoms with van der Waals surface area (Å²) in [6, 6.07) is 1.86. The number of likely N-dealkylation sites (tertiary alicyclic amines) is 1. The number of amides is 1. The van der Waals surface area contributed by atoms with Gasteiger partial charge in [0.2, 0.25) is 0 Å². The Morgan fingerprint density at radius 2 is 2.19 bits per heavy atom. The van der Waals surface area contributed by atoms with Gasteiger partial charge in [-0.1, -0.05) is 25.4 Å². The predicted molar refractivity (Wildman–Crippen MR) is 125 cm³/mol. The predicted octanol–water partition coefficient (Wildman–Crippen LogP) is 4.36. The zero-order chi connectivity index (χ0) is 22.9. The van der Waals surface area contributed by atoms with Crippen molar-refractivity contribution in [3.05, 3.63) is 22.5 Å². The van der Waals surface area contributed by atoms with E-state index in [0.29, 0.717) is 49.4 Å². The molecule has 8 nitrogen and oxygen atoms in total. The number of pyridine rings is 1. The Balaban J connectivity index is 1.49. The van der Waals surface area contributed by atoms with Crippen molar-refractivity contribution in [3.63, 3.8) is 0 Å². The van der Waals surface area contributed by atoms with E-state index >= 15 is 0 Å². The van der Waals surface area contributed by atoms with Crippen molar-refractivity contribution >= 4 is 29.2 Å². The van der Waals surface area contributed by atoms with Gasteiger partial charge in [-0.15, -0.1) is 0 Å². The highest BCUT2D eigenvalue weighted by Crippen LogP contribution is 2.45. The van der Waals surface area contributed by atoms with Crippen LogP contribution in [0.25, 0.3) is 0 Å². The van der Waals surface area contributed by atoms with E-state index in [9.17, 15) is 15.1 Å². The van der Waals surface area contributed by atoms with Gasteiger partial charge in [0.25, 0.3) is 0 Å². The molecule has 4 rings (SSSR count). The van der Waals surface area contributed by atoms with Crippen molar-refractivity contribution < 1.29 is 19.3 Å². The van der Waals surface area contributed by atoms with Crippen molar-refractivity contribution in [1.82, 2.24) is 4.98 Å². The molecule has 1 spiro atoms. The second kappa shape index (κ2) is 9.33. The maximum atomic E-state index is 13.7. The minimum Gasteiger partial charge on any atom is -0.633 e. The first-order chi connectivity index (χ1) is 15.2. The number of carbonyl (C=O) groups is 1. The third-order valence-electron chi connectivity index (χ3n) is 7.34. The molecule has 3 aliphatic rings. The van der Waals surface area contributed by atoms with Crippen LogP contribution >= 0.6 is 11.6 Å². The lowest BCUT2D eigenvalue weighted by Crippen LogP contribution is -2.54. The monoisotopic (exact) mass is 466 g/mol. The minimum absolute atomic E-state index is 0.00722. The third-order valence-corrected chi connectivity index (χ3v) is 7.62. The van der Waals surface area contributed by atoms with Crippen LogP contribution in [0.4, 0.5) is 16.3 Å². The molecule has 1 unspecified atom stereocenters. The number of carboxylic acid groups (broad SMARTS) is 1. The zero-order valence-corrected chi connectivity index (χ0v) is 19.9. The molecular weight excluding hydrogens is 432 g/mol. The van der Waals surface area contributed by atoms with Gasteiger partial charge in [0, 0.05) is 44.3 Å². The van der Waals surface area contributed by atoms with E-state index in [1.807, 2.05) is 13.8 Å². The number of hydroxylamine groups is 3. The molecule has 4 heterocycles. The number of hydrogen-bond acceptors (Lipinski definition) is 5. The fourth-order valence-corrected chi connectivity index (χ4v) is 6.08. The zero-order valence-electron chi connectivity index (χ0n) is 19.1. The Labute approximate surface area is 195 Å². The van der Waals surface area contributed by atoms with Crippen LogP contribution in [0.1, 0.15) is 46.0 Å². The van der Waals surface area contributed by atoms with Crippen LogP contribution in [-0.4, -0.2) is 72.8 Å². The van der Waals surface area contributed by atoms with Crippen LogP contribution < -0.4 is 9.80 Å². The van der Waals surface area contributed by atoms with Crippen LogP contribution in [0, 0.1) is 16.5 Å². The lowest BCUT2D eigenvalue weighted by atomic mass is 9.79. The summed E-state index contributed by atoms with van der Waals surface area (Å²) in [4.78, 5) is 19.8. The number of hydrogen-bond donors (Lipinski definition) is 1. The quantitative estimate of drug-likeness (QED) is 0.512. The van der Waals surface area contributed by atoms with Crippen LogP contribution in [0.5, 0.6) is 0 Å².